The number of aromatic nitrogens is 3. The number of benzene rings is 2. The number of fused-ring (bicyclic) bond motifs is 1. The number of H-pyrrole nitrogens is 1. The van der Waals surface area contributed by atoms with E-state index in [0.29, 0.717) is 16.9 Å². The van der Waals surface area contributed by atoms with Crippen molar-refractivity contribution in [3.63, 3.8) is 0 Å². The van der Waals surface area contributed by atoms with E-state index >= 15 is 0 Å². The van der Waals surface area contributed by atoms with Crippen LogP contribution in [0.1, 0.15) is 15.9 Å². The molecule has 29 heavy (non-hydrogen) atoms. The summed E-state index contributed by atoms with van der Waals surface area (Å²) < 4.78 is 27.6. The number of imidazole rings is 1. The minimum Gasteiger partial charge on any atom is -0.366 e. The predicted molar refractivity (Wildman–Crippen MR) is 108 cm³/mol. The van der Waals surface area contributed by atoms with E-state index in [0.717, 1.165) is 16.6 Å². The Kier molecular flexibility index (Phi) is 4.83. The van der Waals surface area contributed by atoms with Crippen molar-refractivity contribution >= 4 is 27.0 Å². The number of hydrogen-bond acceptors (Lipinski definition) is 5. The standard InChI is InChI=1S/C20H17N5O3S/c21-19(26)15-3-6-17-18(11-15)25-20(24-17)14-1-4-16(5-2-14)29(27,28)23-12-13-7-9-22-10-8-13/h1-11,23H,12H2,(H2,21,26)(H,24,25). The normalized spacial score (nSPS) is 11.6. The van der Waals surface area contributed by atoms with Gasteiger partial charge in [-0.3, -0.25) is 9.78 Å². The molecule has 4 rings (SSSR count). The number of nitrogens with zero attached hydrogens (tertiary/aromatic N) is 2. The predicted octanol–water partition coefficient (Wildman–Crippen LogP) is 2.20. The van der Waals surface area contributed by atoms with Gasteiger partial charge in [-0.1, -0.05) is 0 Å². The Morgan fingerprint density at radius 3 is 2.45 bits per heavy atom. The number of primary amides is 1. The molecule has 0 saturated carbocycles. The first-order chi connectivity index (χ1) is 13.9. The van der Waals surface area contributed by atoms with E-state index in [1.54, 1.807) is 54.9 Å². The molecule has 0 radical (unpaired) electrons. The second kappa shape index (κ2) is 7.46. The highest BCUT2D eigenvalue weighted by Gasteiger charge is 2.15. The van der Waals surface area contributed by atoms with E-state index in [9.17, 15) is 13.2 Å². The summed E-state index contributed by atoms with van der Waals surface area (Å²) in [4.78, 5) is 23.0. The molecular weight excluding hydrogens is 390 g/mol. The van der Waals surface area contributed by atoms with Crippen LogP contribution >= 0.6 is 0 Å². The highest BCUT2D eigenvalue weighted by molar-refractivity contribution is 7.89. The summed E-state index contributed by atoms with van der Waals surface area (Å²) in [7, 11) is -3.65. The fourth-order valence-corrected chi connectivity index (χ4v) is 3.87. The molecule has 146 valence electrons. The van der Waals surface area contributed by atoms with Crippen molar-refractivity contribution in [1.82, 2.24) is 19.7 Å². The van der Waals surface area contributed by atoms with Crippen molar-refractivity contribution in [2.75, 3.05) is 0 Å². The highest BCUT2D eigenvalue weighted by atomic mass is 32.2. The Balaban J connectivity index is 1.55. The monoisotopic (exact) mass is 407 g/mol. The van der Waals surface area contributed by atoms with Gasteiger partial charge in [0.2, 0.25) is 15.9 Å². The third-order valence-corrected chi connectivity index (χ3v) is 5.84. The second-order valence-electron chi connectivity index (χ2n) is 6.39. The number of carbonyl (C=O) groups excluding carboxylic acids is 1. The molecule has 0 fully saturated rings. The SMILES string of the molecule is NC(=O)c1ccc2[nH]c(-c3ccc(S(=O)(=O)NCc4ccncc4)cc3)nc2c1. The molecule has 0 aliphatic carbocycles. The number of rotatable bonds is 6. The first-order valence-corrected chi connectivity index (χ1v) is 10.2. The first-order valence-electron chi connectivity index (χ1n) is 8.71. The smallest absolute Gasteiger partial charge is 0.248 e. The average molecular weight is 407 g/mol. The summed E-state index contributed by atoms with van der Waals surface area (Å²) in [6, 6.07) is 14.8. The molecule has 0 atom stereocenters. The molecule has 8 nitrogen and oxygen atoms in total. The summed E-state index contributed by atoms with van der Waals surface area (Å²) in [5, 5.41) is 0. The number of amides is 1. The number of nitrogens with two attached hydrogens (primary N) is 1. The average Bonchev–Trinajstić information content (AvgIpc) is 3.16. The largest absolute Gasteiger partial charge is 0.366 e. The van der Waals surface area contributed by atoms with Crippen LogP contribution in [-0.2, 0) is 16.6 Å². The molecule has 0 aliphatic heterocycles. The van der Waals surface area contributed by atoms with E-state index in [1.165, 1.54) is 12.1 Å². The van der Waals surface area contributed by atoms with Gasteiger partial charge in [0.25, 0.3) is 0 Å². The molecular formula is C20H17N5O3S. The van der Waals surface area contributed by atoms with Gasteiger partial charge in [0, 0.05) is 30.1 Å². The Morgan fingerprint density at radius 2 is 1.76 bits per heavy atom. The molecule has 1 amide bonds. The van der Waals surface area contributed by atoms with E-state index in [-0.39, 0.29) is 11.4 Å². The third kappa shape index (κ3) is 4.00. The molecule has 0 bridgehead atoms. The summed E-state index contributed by atoms with van der Waals surface area (Å²) in [6.07, 6.45) is 3.22. The molecule has 0 aliphatic rings. The van der Waals surface area contributed by atoms with E-state index in [1.807, 2.05) is 0 Å². The maximum absolute atomic E-state index is 12.5. The van der Waals surface area contributed by atoms with Crippen molar-refractivity contribution in [1.29, 1.82) is 0 Å². The topological polar surface area (TPSA) is 131 Å². The zero-order valence-corrected chi connectivity index (χ0v) is 16.0. The zero-order valence-electron chi connectivity index (χ0n) is 15.2. The van der Waals surface area contributed by atoms with E-state index < -0.39 is 15.9 Å². The van der Waals surface area contributed by atoms with Crippen molar-refractivity contribution in [3.05, 3.63) is 78.1 Å². The number of nitrogens with one attached hydrogen (secondary N) is 2. The minimum absolute atomic E-state index is 0.155. The number of aromatic amines is 1. The Bertz CT molecular complexity index is 1280. The number of sulfonamides is 1. The molecule has 9 heteroatoms. The van der Waals surface area contributed by atoms with Crippen LogP contribution in [0.25, 0.3) is 22.4 Å². The summed E-state index contributed by atoms with van der Waals surface area (Å²) in [5.74, 6) is 0.0422. The van der Waals surface area contributed by atoms with Crippen molar-refractivity contribution in [2.45, 2.75) is 11.4 Å². The molecule has 4 N–H and O–H groups in total. The summed E-state index contributed by atoms with van der Waals surface area (Å²) >= 11 is 0. The zero-order chi connectivity index (χ0) is 20.4. The van der Waals surface area contributed by atoms with Gasteiger partial charge in [-0.15, -0.1) is 0 Å². The van der Waals surface area contributed by atoms with Crippen LogP contribution in [0, 0.1) is 0 Å². The van der Waals surface area contributed by atoms with Crippen LogP contribution in [0.4, 0.5) is 0 Å². The van der Waals surface area contributed by atoms with Crippen LogP contribution in [0.5, 0.6) is 0 Å². The van der Waals surface area contributed by atoms with Gasteiger partial charge in [-0.2, -0.15) is 0 Å². The van der Waals surface area contributed by atoms with Crippen LogP contribution in [0.15, 0.2) is 71.9 Å². The van der Waals surface area contributed by atoms with Gasteiger partial charge in [0.15, 0.2) is 0 Å². The molecule has 0 unspecified atom stereocenters. The Hall–Kier alpha value is -3.56. The van der Waals surface area contributed by atoms with Crippen molar-refractivity contribution < 1.29 is 13.2 Å². The quantitative estimate of drug-likeness (QED) is 0.451. The lowest BCUT2D eigenvalue weighted by molar-refractivity contribution is 0.100. The van der Waals surface area contributed by atoms with Crippen LogP contribution in [0.3, 0.4) is 0 Å². The lowest BCUT2D eigenvalue weighted by atomic mass is 10.2. The molecule has 2 aromatic carbocycles. The van der Waals surface area contributed by atoms with Crippen molar-refractivity contribution in [2.24, 2.45) is 5.73 Å². The molecule has 2 aromatic heterocycles. The molecule has 4 aromatic rings. The van der Waals surface area contributed by atoms with Crippen LogP contribution in [0.2, 0.25) is 0 Å². The van der Waals surface area contributed by atoms with Crippen LogP contribution in [-0.4, -0.2) is 29.3 Å². The lowest BCUT2D eigenvalue weighted by Crippen LogP contribution is -2.23. The highest BCUT2D eigenvalue weighted by Crippen LogP contribution is 2.23. The third-order valence-electron chi connectivity index (χ3n) is 4.42. The van der Waals surface area contributed by atoms with Gasteiger partial charge < -0.3 is 10.7 Å². The molecule has 2 heterocycles. The first kappa shape index (κ1) is 18.8. The minimum atomic E-state index is -3.65. The van der Waals surface area contributed by atoms with Gasteiger partial charge >= 0.3 is 0 Å². The summed E-state index contributed by atoms with van der Waals surface area (Å²) in [6.45, 7) is 0.179. The number of carbonyl (C=O) groups is 1. The van der Waals surface area contributed by atoms with E-state index in [4.69, 9.17) is 5.73 Å². The number of pyridine rings is 1. The van der Waals surface area contributed by atoms with Gasteiger partial charge in [-0.25, -0.2) is 18.1 Å². The van der Waals surface area contributed by atoms with E-state index in [2.05, 4.69) is 19.7 Å². The fourth-order valence-electron chi connectivity index (χ4n) is 2.85. The molecule has 0 spiro atoms. The van der Waals surface area contributed by atoms with Gasteiger partial charge in [0.05, 0.1) is 15.9 Å². The lowest BCUT2D eigenvalue weighted by Gasteiger charge is -2.07. The van der Waals surface area contributed by atoms with Gasteiger partial charge in [-0.05, 0) is 60.2 Å². The van der Waals surface area contributed by atoms with Crippen LogP contribution < -0.4 is 10.5 Å². The Labute approximate surface area is 166 Å². The Morgan fingerprint density at radius 1 is 1.03 bits per heavy atom. The number of hydrogen-bond donors (Lipinski definition) is 3. The maximum atomic E-state index is 12.5. The maximum Gasteiger partial charge on any atom is 0.248 e. The van der Waals surface area contributed by atoms with Gasteiger partial charge in [0.1, 0.15) is 5.82 Å². The van der Waals surface area contributed by atoms with Crippen molar-refractivity contribution in [3.8, 4) is 11.4 Å². The molecule has 0 saturated heterocycles. The fraction of sp³-hybridized carbons (Fsp3) is 0.0500. The second-order valence-corrected chi connectivity index (χ2v) is 8.15. The summed E-state index contributed by atoms with van der Waals surface area (Å²) in [5.41, 5.74) is 8.56.